The zero-order chi connectivity index (χ0) is 37.7. The van der Waals surface area contributed by atoms with E-state index in [4.69, 9.17) is 0 Å². The molecule has 5 rings (SSSR count). The Morgan fingerprint density at radius 2 is 0.885 bits per heavy atom. The lowest BCUT2D eigenvalue weighted by molar-refractivity contribution is 0.103. The Morgan fingerprint density at radius 3 is 1.21 bits per heavy atom. The van der Waals surface area contributed by atoms with Crippen molar-refractivity contribution in [3.05, 3.63) is 116 Å². The Balaban J connectivity index is 1.55. The van der Waals surface area contributed by atoms with Crippen LogP contribution >= 0.6 is 0 Å². The van der Waals surface area contributed by atoms with Gasteiger partial charge in [-0.1, -0.05) is 73.6 Å². The zero-order valence-corrected chi connectivity index (χ0v) is 32.0. The SMILES string of the molecule is CCc1c[nH]c(C(=O)/C=C(\O)c2[nH]c(-c3cccc(-c4[nH]c(/C(O)=C/C(=O)c5[nH]cc(CC)c5CC)c(CC)c4CC)c3)c(CC)c2CC)c1CC. The number of hydrogen-bond acceptors (Lipinski definition) is 4. The molecule has 4 heterocycles. The summed E-state index contributed by atoms with van der Waals surface area (Å²) in [6, 6.07) is 8.20. The molecule has 0 fully saturated rings. The highest BCUT2D eigenvalue weighted by Gasteiger charge is 2.24. The number of aliphatic hydroxyl groups is 2. The first-order valence-corrected chi connectivity index (χ1v) is 19.0. The van der Waals surface area contributed by atoms with Gasteiger partial charge in [0.2, 0.25) is 11.6 Å². The fraction of sp³-hybridized carbons (Fsp3) is 0.364. The van der Waals surface area contributed by atoms with Crippen molar-refractivity contribution in [2.45, 2.75) is 107 Å². The maximum absolute atomic E-state index is 13.4. The number of ketones is 2. The summed E-state index contributed by atoms with van der Waals surface area (Å²) < 4.78 is 0. The standard InChI is InChI=1S/C44H54N4O4/c1-9-25-23-45-41(29(25)11-3)35(49)21-37(51)43-33(15-7)31(13-5)39(47-43)27-18-17-19-28(20-27)40-32(14-6)34(16-8)44(48-40)38(52)22-36(50)42-30(12-4)26(10-2)24-46-42/h17-24,45-48,51-52H,9-16H2,1-8H3/b37-21-,38-22-. The first kappa shape index (κ1) is 38.0. The number of H-pyrrole nitrogens is 4. The summed E-state index contributed by atoms with van der Waals surface area (Å²) in [7, 11) is 0. The van der Waals surface area contributed by atoms with E-state index in [2.05, 4.69) is 67.5 Å². The number of aliphatic hydroxyl groups excluding tert-OH is 2. The summed E-state index contributed by atoms with van der Waals surface area (Å²) in [5.41, 5.74) is 14.1. The van der Waals surface area contributed by atoms with Gasteiger partial charge in [0.25, 0.3) is 0 Å². The van der Waals surface area contributed by atoms with Crippen LogP contribution in [-0.2, 0) is 51.4 Å². The number of aryl methyl sites for hydroxylation is 2. The Bertz CT molecular complexity index is 2000. The number of nitrogens with one attached hydrogen (secondary N) is 4. The molecular formula is C44H54N4O4. The van der Waals surface area contributed by atoms with E-state index in [1.807, 2.05) is 44.4 Å². The first-order chi connectivity index (χ1) is 25.1. The minimum atomic E-state index is -0.253. The lowest BCUT2D eigenvalue weighted by atomic mass is 9.96. The minimum absolute atomic E-state index is 0.0864. The number of carbonyl (C=O) groups is 2. The zero-order valence-electron chi connectivity index (χ0n) is 32.0. The maximum Gasteiger partial charge on any atom is 0.206 e. The van der Waals surface area contributed by atoms with Crippen molar-refractivity contribution < 1.29 is 19.8 Å². The molecule has 0 amide bonds. The number of rotatable bonds is 16. The van der Waals surface area contributed by atoms with Crippen LogP contribution in [0, 0.1) is 0 Å². The first-order valence-electron chi connectivity index (χ1n) is 19.0. The Labute approximate surface area is 307 Å². The van der Waals surface area contributed by atoms with Crippen molar-refractivity contribution in [2.75, 3.05) is 0 Å². The number of aromatic nitrogens is 4. The van der Waals surface area contributed by atoms with E-state index in [0.717, 1.165) is 106 Å². The predicted octanol–water partition coefficient (Wildman–Crippen LogP) is 10.4. The van der Waals surface area contributed by atoms with Gasteiger partial charge in [-0.2, -0.15) is 0 Å². The third-order valence-corrected chi connectivity index (χ3v) is 10.5. The van der Waals surface area contributed by atoms with E-state index in [0.29, 0.717) is 35.6 Å². The van der Waals surface area contributed by atoms with Gasteiger partial charge >= 0.3 is 0 Å². The Kier molecular flexibility index (Phi) is 12.0. The van der Waals surface area contributed by atoms with Crippen LogP contribution in [0.4, 0.5) is 0 Å². The molecule has 1 aromatic carbocycles. The van der Waals surface area contributed by atoms with Crippen molar-refractivity contribution in [1.82, 2.24) is 19.9 Å². The Morgan fingerprint density at radius 1 is 0.519 bits per heavy atom. The third-order valence-electron chi connectivity index (χ3n) is 10.5. The quantitative estimate of drug-likeness (QED) is 0.0346. The van der Waals surface area contributed by atoms with E-state index in [-0.39, 0.29) is 23.1 Å². The van der Waals surface area contributed by atoms with Crippen LogP contribution < -0.4 is 0 Å². The highest BCUT2D eigenvalue weighted by Crippen LogP contribution is 2.37. The second-order valence-electron chi connectivity index (χ2n) is 13.2. The average Bonchev–Trinajstić information content (AvgIpc) is 3.95. The van der Waals surface area contributed by atoms with Gasteiger partial charge in [-0.05, 0) is 113 Å². The smallest absolute Gasteiger partial charge is 0.206 e. The van der Waals surface area contributed by atoms with Crippen molar-refractivity contribution in [2.24, 2.45) is 0 Å². The second-order valence-corrected chi connectivity index (χ2v) is 13.2. The molecule has 274 valence electrons. The normalized spacial score (nSPS) is 12.2. The van der Waals surface area contributed by atoms with Crippen LogP contribution in [0.25, 0.3) is 34.0 Å². The summed E-state index contributed by atoms with van der Waals surface area (Å²) in [4.78, 5) is 40.0. The molecule has 0 atom stereocenters. The van der Waals surface area contributed by atoms with E-state index < -0.39 is 0 Å². The fourth-order valence-corrected chi connectivity index (χ4v) is 7.88. The number of benzene rings is 1. The third kappa shape index (κ3) is 6.99. The average molecular weight is 703 g/mol. The van der Waals surface area contributed by atoms with Gasteiger partial charge in [0.05, 0.1) is 22.8 Å². The monoisotopic (exact) mass is 702 g/mol. The number of aromatic amines is 4. The van der Waals surface area contributed by atoms with Gasteiger partial charge in [0.15, 0.2) is 0 Å². The van der Waals surface area contributed by atoms with Gasteiger partial charge in [-0.3, -0.25) is 9.59 Å². The predicted molar refractivity (Wildman–Crippen MR) is 212 cm³/mol. The van der Waals surface area contributed by atoms with Crippen LogP contribution in [0.15, 0.2) is 48.8 Å². The summed E-state index contributed by atoms with van der Waals surface area (Å²) in [5.74, 6) is -0.678. The van der Waals surface area contributed by atoms with Crippen molar-refractivity contribution in [3.8, 4) is 22.5 Å². The molecule has 52 heavy (non-hydrogen) atoms. The fourth-order valence-electron chi connectivity index (χ4n) is 7.88. The molecule has 0 bridgehead atoms. The molecule has 8 heteroatoms. The largest absolute Gasteiger partial charge is 0.506 e. The van der Waals surface area contributed by atoms with Gasteiger partial charge in [0, 0.05) is 35.9 Å². The molecular weight excluding hydrogens is 649 g/mol. The Hall–Kier alpha value is -5.24. The molecule has 0 spiro atoms. The minimum Gasteiger partial charge on any atom is -0.506 e. The number of allylic oxidation sites excluding steroid dienone is 2. The van der Waals surface area contributed by atoms with Gasteiger partial charge < -0.3 is 30.1 Å². The maximum atomic E-state index is 13.4. The highest BCUT2D eigenvalue weighted by atomic mass is 16.3. The van der Waals surface area contributed by atoms with Crippen LogP contribution in [0.1, 0.15) is 132 Å². The van der Waals surface area contributed by atoms with Crippen LogP contribution in [0.5, 0.6) is 0 Å². The molecule has 0 aliphatic rings. The molecule has 8 nitrogen and oxygen atoms in total. The lowest BCUT2D eigenvalue weighted by Crippen LogP contribution is -2.02. The van der Waals surface area contributed by atoms with E-state index in [9.17, 15) is 19.8 Å². The van der Waals surface area contributed by atoms with Crippen molar-refractivity contribution >= 4 is 23.1 Å². The topological polar surface area (TPSA) is 138 Å². The molecule has 0 unspecified atom stereocenters. The number of hydrogen-bond donors (Lipinski definition) is 6. The summed E-state index contributed by atoms with van der Waals surface area (Å²) >= 11 is 0. The number of carbonyl (C=O) groups excluding carboxylic acids is 2. The highest BCUT2D eigenvalue weighted by molar-refractivity contribution is 6.08. The van der Waals surface area contributed by atoms with E-state index in [1.54, 1.807) is 0 Å². The summed E-state index contributed by atoms with van der Waals surface area (Å²) in [5, 5.41) is 22.8. The van der Waals surface area contributed by atoms with Gasteiger partial charge in [0.1, 0.15) is 11.5 Å². The lowest BCUT2D eigenvalue weighted by Gasteiger charge is -2.08. The summed E-state index contributed by atoms with van der Waals surface area (Å²) in [6.07, 6.45) is 12.3. The van der Waals surface area contributed by atoms with Crippen LogP contribution in [0.2, 0.25) is 0 Å². The molecule has 5 aromatic rings. The van der Waals surface area contributed by atoms with Crippen molar-refractivity contribution in [1.29, 1.82) is 0 Å². The van der Waals surface area contributed by atoms with E-state index >= 15 is 0 Å². The summed E-state index contributed by atoms with van der Waals surface area (Å²) in [6.45, 7) is 16.5. The molecule has 4 aromatic heterocycles. The molecule has 0 aliphatic heterocycles. The molecule has 0 radical (unpaired) electrons. The van der Waals surface area contributed by atoms with Crippen molar-refractivity contribution in [3.63, 3.8) is 0 Å². The molecule has 0 aliphatic carbocycles. The molecule has 6 N–H and O–H groups in total. The van der Waals surface area contributed by atoms with Gasteiger partial charge in [-0.15, -0.1) is 0 Å². The van der Waals surface area contributed by atoms with Crippen LogP contribution in [0.3, 0.4) is 0 Å². The molecule has 0 saturated carbocycles. The van der Waals surface area contributed by atoms with Crippen LogP contribution in [-0.4, -0.2) is 41.7 Å². The van der Waals surface area contributed by atoms with Gasteiger partial charge in [-0.25, -0.2) is 0 Å². The second kappa shape index (κ2) is 16.4. The molecule has 0 saturated heterocycles. The van der Waals surface area contributed by atoms with E-state index in [1.165, 1.54) is 12.2 Å².